The predicted molar refractivity (Wildman–Crippen MR) is 84.5 cm³/mol. The van der Waals surface area contributed by atoms with Gasteiger partial charge in [0.25, 0.3) is 0 Å². The third kappa shape index (κ3) is 4.03. The zero-order valence-electron chi connectivity index (χ0n) is 13.2. The Morgan fingerprint density at radius 3 is 2.43 bits per heavy atom. The maximum absolute atomic E-state index is 12.5. The standard InChI is InChI=1S/C18H20F3NO/c1-4-16(23)22-11-15(17(2,3)12-22)10-7-13-5-8-14(9-6-13)18(19,20)21/h4-10,15H,1,11-12H2,2-3H3. The molecule has 1 saturated heterocycles. The van der Waals surface area contributed by atoms with Gasteiger partial charge in [0.15, 0.2) is 0 Å². The number of likely N-dealkylation sites (tertiary alicyclic amines) is 1. The van der Waals surface area contributed by atoms with E-state index in [0.29, 0.717) is 18.7 Å². The molecule has 5 heteroatoms. The molecule has 2 nitrogen and oxygen atoms in total. The zero-order valence-corrected chi connectivity index (χ0v) is 13.2. The summed E-state index contributed by atoms with van der Waals surface area (Å²) in [5, 5.41) is 0. The van der Waals surface area contributed by atoms with Gasteiger partial charge in [-0.05, 0) is 29.2 Å². The largest absolute Gasteiger partial charge is 0.416 e. The van der Waals surface area contributed by atoms with Crippen molar-refractivity contribution >= 4 is 12.0 Å². The van der Waals surface area contributed by atoms with Crippen molar-refractivity contribution in [1.82, 2.24) is 4.90 Å². The molecule has 1 aromatic carbocycles. The average molecular weight is 323 g/mol. The Labute approximate surface area is 134 Å². The summed E-state index contributed by atoms with van der Waals surface area (Å²) in [7, 11) is 0. The number of amides is 1. The van der Waals surface area contributed by atoms with E-state index in [1.165, 1.54) is 18.2 Å². The Bertz CT molecular complexity index is 614. The molecule has 1 heterocycles. The number of nitrogens with zero attached hydrogens (tertiary/aromatic N) is 1. The molecule has 1 fully saturated rings. The second-order valence-electron chi connectivity index (χ2n) is 6.50. The molecule has 0 spiro atoms. The van der Waals surface area contributed by atoms with Gasteiger partial charge in [0.05, 0.1) is 5.56 Å². The maximum Gasteiger partial charge on any atom is 0.416 e. The van der Waals surface area contributed by atoms with Crippen LogP contribution in [0.4, 0.5) is 13.2 Å². The molecule has 23 heavy (non-hydrogen) atoms. The lowest BCUT2D eigenvalue weighted by molar-refractivity contribution is -0.137. The summed E-state index contributed by atoms with van der Waals surface area (Å²) < 4.78 is 37.6. The van der Waals surface area contributed by atoms with Crippen molar-refractivity contribution in [1.29, 1.82) is 0 Å². The van der Waals surface area contributed by atoms with E-state index >= 15 is 0 Å². The van der Waals surface area contributed by atoms with Gasteiger partial charge in [0.2, 0.25) is 5.91 Å². The van der Waals surface area contributed by atoms with Crippen molar-refractivity contribution in [2.24, 2.45) is 11.3 Å². The smallest absolute Gasteiger partial charge is 0.338 e. The quantitative estimate of drug-likeness (QED) is 0.756. The number of hydrogen-bond donors (Lipinski definition) is 0. The van der Waals surface area contributed by atoms with Crippen molar-refractivity contribution in [2.45, 2.75) is 20.0 Å². The van der Waals surface area contributed by atoms with E-state index in [1.807, 2.05) is 12.2 Å². The number of halogens is 3. The van der Waals surface area contributed by atoms with Gasteiger partial charge >= 0.3 is 6.18 Å². The van der Waals surface area contributed by atoms with Gasteiger partial charge in [-0.2, -0.15) is 13.2 Å². The Balaban J connectivity index is 2.10. The minimum atomic E-state index is -4.32. The molecule has 0 saturated carbocycles. The highest BCUT2D eigenvalue weighted by atomic mass is 19.4. The highest BCUT2D eigenvalue weighted by Gasteiger charge is 2.39. The molecular formula is C18H20F3NO. The zero-order chi connectivity index (χ0) is 17.3. The number of benzene rings is 1. The maximum atomic E-state index is 12.5. The second-order valence-corrected chi connectivity index (χ2v) is 6.50. The Kier molecular flexibility index (Phi) is 4.68. The van der Waals surface area contributed by atoms with Crippen molar-refractivity contribution in [3.63, 3.8) is 0 Å². The summed E-state index contributed by atoms with van der Waals surface area (Å²) in [4.78, 5) is 13.5. The lowest BCUT2D eigenvalue weighted by atomic mass is 9.81. The van der Waals surface area contributed by atoms with Crippen LogP contribution in [0.15, 0.2) is 43.0 Å². The minimum absolute atomic E-state index is 0.0823. The van der Waals surface area contributed by atoms with Crippen LogP contribution in [0.25, 0.3) is 6.08 Å². The Hall–Kier alpha value is -2.04. The lowest BCUT2D eigenvalue weighted by Crippen LogP contribution is -2.28. The molecule has 1 amide bonds. The Morgan fingerprint density at radius 1 is 1.30 bits per heavy atom. The molecule has 0 bridgehead atoms. The van der Waals surface area contributed by atoms with Crippen LogP contribution in [0.5, 0.6) is 0 Å². The number of alkyl halides is 3. The summed E-state index contributed by atoms with van der Waals surface area (Å²) in [6, 6.07) is 5.06. The molecule has 0 radical (unpaired) electrons. The third-order valence-electron chi connectivity index (χ3n) is 4.26. The second kappa shape index (κ2) is 6.22. The number of carbonyl (C=O) groups is 1. The lowest BCUT2D eigenvalue weighted by Gasteiger charge is -2.22. The molecule has 0 aliphatic carbocycles. The molecule has 2 rings (SSSR count). The summed E-state index contributed by atoms with van der Waals surface area (Å²) in [5.41, 5.74) is -0.0259. The molecule has 124 valence electrons. The fourth-order valence-corrected chi connectivity index (χ4v) is 2.79. The first-order valence-electron chi connectivity index (χ1n) is 7.40. The molecular weight excluding hydrogens is 303 g/mol. The van der Waals surface area contributed by atoms with E-state index < -0.39 is 11.7 Å². The van der Waals surface area contributed by atoms with Crippen molar-refractivity contribution < 1.29 is 18.0 Å². The molecule has 1 aromatic rings. The van der Waals surface area contributed by atoms with Crippen molar-refractivity contribution in [3.05, 3.63) is 54.1 Å². The van der Waals surface area contributed by atoms with Gasteiger partial charge in [-0.1, -0.05) is 44.7 Å². The van der Waals surface area contributed by atoms with Crippen LogP contribution >= 0.6 is 0 Å². The molecule has 0 aromatic heterocycles. The van der Waals surface area contributed by atoms with Crippen LogP contribution < -0.4 is 0 Å². The van der Waals surface area contributed by atoms with Crippen LogP contribution in [0.2, 0.25) is 0 Å². The van der Waals surface area contributed by atoms with Gasteiger partial charge in [-0.15, -0.1) is 0 Å². The van der Waals surface area contributed by atoms with Crippen molar-refractivity contribution in [2.75, 3.05) is 13.1 Å². The van der Waals surface area contributed by atoms with Crippen LogP contribution in [-0.2, 0) is 11.0 Å². The first-order chi connectivity index (χ1) is 10.6. The monoisotopic (exact) mass is 323 g/mol. The van der Waals surface area contributed by atoms with Gasteiger partial charge in [0.1, 0.15) is 0 Å². The Morgan fingerprint density at radius 2 is 1.91 bits per heavy atom. The fourth-order valence-electron chi connectivity index (χ4n) is 2.79. The molecule has 1 atom stereocenters. The van der Waals surface area contributed by atoms with Gasteiger partial charge in [-0.3, -0.25) is 4.79 Å². The van der Waals surface area contributed by atoms with Crippen LogP contribution in [0.1, 0.15) is 25.0 Å². The molecule has 0 N–H and O–H groups in total. The minimum Gasteiger partial charge on any atom is -0.338 e. The van der Waals surface area contributed by atoms with Crippen molar-refractivity contribution in [3.8, 4) is 0 Å². The first kappa shape index (κ1) is 17.3. The van der Waals surface area contributed by atoms with Gasteiger partial charge in [0, 0.05) is 19.0 Å². The van der Waals surface area contributed by atoms with Crippen LogP contribution in [0, 0.1) is 11.3 Å². The fraction of sp³-hybridized carbons (Fsp3) is 0.389. The summed E-state index contributed by atoms with van der Waals surface area (Å²) in [6.07, 6.45) is 0.771. The first-order valence-corrected chi connectivity index (χ1v) is 7.40. The SMILES string of the molecule is C=CC(=O)N1CC(C=Cc2ccc(C(F)(F)F)cc2)C(C)(C)C1. The number of rotatable bonds is 3. The highest BCUT2D eigenvalue weighted by molar-refractivity contribution is 5.87. The molecule has 1 unspecified atom stereocenters. The van der Waals surface area contributed by atoms with Crippen LogP contribution in [-0.4, -0.2) is 23.9 Å². The highest BCUT2D eigenvalue weighted by Crippen LogP contribution is 2.36. The van der Waals surface area contributed by atoms with E-state index in [-0.39, 0.29) is 17.2 Å². The van der Waals surface area contributed by atoms with E-state index in [1.54, 1.807) is 4.90 Å². The normalized spacial score (nSPS) is 20.9. The number of carbonyl (C=O) groups excluding carboxylic acids is 1. The summed E-state index contributed by atoms with van der Waals surface area (Å²) in [6.45, 7) is 8.88. The number of hydrogen-bond acceptors (Lipinski definition) is 1. The summed E-state index contributed by atoms with van der Waals surface area (Å²) >= 11 is 0. The van der Waals surface area contributed by atoms with E-state index in [0.717, 1.165) is 12.1 Å². The molecule has 1 aliphatic rings. The van der Waals surface area contributed by atoms with E-state index in [4.69, 9.17) is 0 Å². The van der Waals surface area contributed by atoms with Crippen LogP contribution in [0.3, 0.4) is 0 Å². The molecule has 1 aliphatic heterocycles. The van der Waals surface area contributed by atoms with Gasteiger partial charge in [-0.25, -0.2) is 0 Å². The predicted octanol–water partition coefficient (Wildman–Crippen LogP) is 4.39. The topological polar surface area (TPSA) is 20.3 Å². The van der Waals surface area contributed by atoms with E-state index in [2.05, 4.69) is 20.4 Å². The van der Waals surface area contributed by atoms with Gasteiger partial charge < -0.3 is 4.90 Å². The summed E-state index contributed by atoms with van der Waals surface area (Å²) in [5.74, 6) is 0.0530. The third-order valence-corrected chi connectivity index (χ3v) is 4.26. The average Bonchev–Trinajstić information content (AvgIpc) is 2.78. The van der Waals surface area contributed by atoms with E-state index in [9.17, 15) is 18.0 Å².